The van der Waals surface area contributed by atoms with Gasteiger partial charge in [0.1, 0.15) is 18.4 Å². The first kappa shape index (κ1) is 30.5. The van der Waals surface area contributed by atoms with Crippen molar-refractivity contribution in [1.29, 1.82) is 0 Å². The summed E-state index contributed by atoms with van der Waals surface area (Å²) >= 11 is 0. The molecule has 0 spiro atoms. The molecule has 2 amide bonds. The maximum absolute atomic E-state index is 15.1. The molecule has 0 saturated carbocycles. The van der Waals surface area contributed by atoms with Gasteiger partial charge in [-0.1, -0.05) is 90.5 Å². The Hall–Kier alpha value is -4.50. The van der Waals surface area contributed by atoms with E-state index in [1.807, 2.05) is 61.5 Å². The molecule has 0 fully saturated rings. The molecule has 0 unspecified atom stereocenters. The summed E-state index contributed by atoms with van der Waals surface area (Å²) in [5.74, 6) is -1.81. The molecule has 0 aromatic heterocycles. The summed E-state index contributed by atoms with van der Waals surface area (Å²) in [7, 11) is -4.35. The van der Waals surface area contributed by atoms with Gasteiger partial charge in [-0.25, -0.2) is 12.8 Å². The van der Waals surface area contributed by atoms with E-state index < -0.39 is 34.3 Å². The number of benzene rings is 4. The maximum atomic E-state index is 15.1. The summed E-state index contributed by atoms with van der Waals surface area (Å²) in [6, 6.07) is 28.9. The van der Waals surface area contributed by atoms with Crippen molar-refractivity contribution in [3.05, 3.63) is 132 Å². The number of likely N-dealkylation sites (N-methyl/N-ethyl adjacent to an activating group) is 1. The molecule has 9 heteroatoms. The first-order valence-corrected chi connectivity index (χ1v) is 15.1. The number of aryl methyl sites for hydroxylation is 1. The van der Waals surface area contributed by atoms with Crippen LogP contribution in [0.25, 0.3) is 0 Å². The number of rotatable bonds is 12. The van der Waals surface area contributed by atoms with Crippen molar-refractivity contribution < 1.29 is 22.4 Å². The summed E-state index contributed by atoms with van der Waals surface area (Å²) in [6.45, 7) is 3.41. The van der Waals surface area contributed by atoms with E-state index in [1.54, 1.807) is 25.1 Å². The van der Waals surface area contributed by atoms with E-state index in [4.69, 9.17) is 0 Å². The van der Waals surface area contributed by atoms with Gasteiger partial charge in [-0.15, -0.1) is 0 Å². The lowest BCUT2D eigenvalue weighted by atomic mass is 10.0. The van der Waals surface area contributed by atoms with Gasteiger partial charge in [0, 0.05) is 19.5 Å². The summed E-state index contributed by atoms with van der Waals surface area (Å²) in [4.78, 5) is 29.0. The SMILES string of the molecule is CCNC(=O)[C@@H](Cc1ccccc1)N(Cc1ccc(C)cc1)C(=O)CN(c1ccccc1F)S(=O)(=O)c1ccccc1. The zero-order valence-electron chi connectivity index (χ0n) is 23.6. The number of para-hydroxylation sites is 1. The van der Waals surface area contributed by atoms with Crippen LogP contribution in [0.4, 0.5) is 10.1 Å². The second-order valence-corrected chi connectivity index (χ2v) is 11.7. The monoisotopic (exact) mass is 587 g/mol. The van der Waals surface area contributed by atoms with Crippen LogP contribution < -0.4 is 9.62 Å². The third-order valence-corrected chi connectivity index (χ3v) is 8.60. The van der Waals surface area contributed by atoms with Gasteiger partial charge in [0.2, 0.25) is 11.8 Å². The van der Waals surface area contributed by atoms with Crippen LogP contribution in [0, 0.1) is 12.7 Å². The van der Waals surface area contributed by atoms with Crippen LogP contribution in [0.3, 0.4) is 0 Å². The Labute approximate surface area is 246 Å². The van der Waals surface area contributed by atoms with Crippen LogP contribution in [0.5, 0.6) is 0 Å². The molecule has 0 aliphatic carbocycles. The standard InChI is InChI=1S/C33H34FN3O4S/c1-3-35-33(39)31(22-26-12-6-4-7-13-26)36(23-27-20-18-25(2)19-21-27)32(38)24-37(30-17-11-10-16-29(30)34)42(40,41)28-14-8-5-9-15-28/h4-21,31H,3,22-24H2,1-2H3,(H,35,39)/t31-/m1/s1. The van der Waals surface area contributed by atoms with E-state index in [2.05, 4.69) is 5.32 Å². The van der Waals surface area contributed by atoms with E-state index in [0.29, 0.717) is 6.54 Å². The summed E-state index contributed by atoms with van der Waals surface area (Å²) in [6.07, 6.45) is 0.204. The number of hydrogen-bond acceptors (Lipinski definition) is 4. The van der Waals surface area contributed by atoms with E-state index >= 15 is 4.39 Å². The Balaban J connectivity index is 1.79. The van der Waals surface area contributed by atoms with Crippen LogP contribution >= 0.6 is 0 Å². The summed E-state index contributed by atoms with van der Waals surface area (Å²) in [5, 5.41) is 2.82. The summed E-state index contributed by atoms with van der Waals surface area (Å²) in [5.41, 5.74) is 2.36. The van der Waals surface area contributed by atoms with Crippen LogP contribution in [-0.4, -0.2) is 44.3 Å². The molecule has 0 heterocycles. The van der Waals surface area contributed by atoms with Crippen LogP contribution in [0.2, 0.25) is 0 Å². The van der Waals surface area contributed by atoms with E-state index in [9.17, 15) is 18.0 Å². The van der Waals surface area contributed by atoms with Gasteiger partial charge >= 0.3 is 0 Å². The molecular formula is C33H34FN3O4S. The maximum Gasteiger partial charge on any atom is 0.264 e. The first-order chi connectivity index (χ1) is 20.2. The number of halogens is 1. The highest BCUT2D eigenvalue weighted by molar-refractivity contribution is 7.92. The Bertz CT molecular complexity index is 1600. The number of amides is 2. The molecule has 4 aromatic carbocycles. The molecule has 218 valence electrons. The Kier molecular flexibility index (Phi) is 10.1. The van der Waals surface area contributed by atoms with Gasteiger partial charge < -0.3 is 10.2 Å². The fourth-order valence-corrected chi connectivity index (χ4v) is 6.07. The predicted octanol–water partition coefficient (Wildman–Crippen LogP) is 5.11. The van der Waals surface area contributed by atoms with Crippen LogP contribution in [0.1, 0.15) is 23.6 Å². The van der Waals surface area contributed by atoms with Gasteiger partial charge in [-0.3, -0.25) is 13.9 Å². The van der Waals surface area contributed by atoms with E-state index in [1.165, 1.54) is 35.2 Å². The van der Waals surface area contributed by atoms with Crippen LogP contribution in [-0.2, 0) is 32.6 Å². The lowest BCUT2D eigenvalue weighted by Crippen LogP contribution is -2.53. The number of nitrogens with zero attached hydrogens (tertiary/aromatic N) is 2. The molecule has 42 heavy (non-hydrogen) atoms. The average Bonchev–Trinajstić information content (AvgIpc) is 3.00. The number of hydrogen-bond donors (Lipinski definition) is 1. The summed E-state index contributed by atoms with van der Waals surface area (Å²) < 4.78 is 43.6. The van der Waals surface area contributed by atoms with Crippen molar-refractivity contribution in [2.75, 3.05) is 17.4 Å². The zero-order chi connectivity index (χ0) is 30.1. The molecule has 0 aliphatic heterocycles. The van der Waals surface area contributed by atoms with Crippen molar-refractivity contribution >= 4 is 27.5 Å². The molecule has 0 bridgehead atoms. The van der Waals surface area contributed by atoms with Gasteiger partial charge in [0.05, 0.1) is 10.6 Å². The molecule has 0 aliphatic rings. The molecule has 4 rings (SSSR count). The second-order valence-electron chi connectivity index (χ2n) is 9.88. The van der Waals surface area contributed by atoms with Crippen molar-refractivity contribution in [2.24, 2.45) is 0 Å². The number of carbonyl (C=O) groups excluding carboxylic acids is 2. The van der Waals surface area contributed by atoms with Crippen LogP contribution in [0.15, 0.2) is 114 Å². The van der Waals surface area contributed by atoms with Crippen molar-refractivity contribution in [3.8, 4) is 0 Å². The smallest absolute Gasteiger partial charge is 0.264 e. The highest BCUT2D eigenvalue weighted by atomic mass is 32.2. The molecule has 1 atom stereocenters. The largest absolute Gasteiger partial charge is 0.355 e. The second kappa shape index (κ2) is 13.9. The lowest BCUT2D eigenvalue weighted by Gasteiger charge is -2.34. The minimum atomic E-state index is -4.35. The lowest BCUT2D eigenvalue weighted by molar-refractivity contribution is -0.140. The molecular weight excluding hydrogens is 553 g/mol. The zero-order valence-corrected chi connectivity index (χ0v) is 24.4. The number of sulfonamides is 1. The molecule has 1 N–H and O–H groups in total. The fourth-order valence-electron chi connectivity index (χ4n) is 4.62. The number of anilines is 1. The van der Waals surface area contributed by atoms with E-state index in [-0.39, 0.29) is 29.5 Å². The minimum absolute atomic E-state index is 0.0459. The van der Waals surface area contributed by atoms with Gasteiger partial charge in [0.25, 0.3) is 10.0 Å². The van der Waals surface area contributed by atoms with Gasteiger partial charge in [0.15, 0.2) is 0 Å². The Morgan fingerprint density at radius 2 is 1.40 bits per heavy atom. The number of carbonyl (C=O) groups is 2. The Morgan fingerprint density at radius 3 is 2.02 bits per heavy atom. The van der Waals surface area contributed by atoms with Crippen molar-refractivity contribution in [1.82, 2.24) is 10.2 Å². The van der Waals surface area contributed by atoms with Crippen molar-refractivity contribution in [3.63, 3.8) is 0 Å². The average molecular weight is 588 g/mol. The molecule has 7 nitrogen and oxygen atoms in total. The van der Waals surface area contributed by atoms with E-state index in [0.717, 1.165) is 27.1 Å². The quantitative estimate of drug-likeness (QED) is 0.250. The predicted molar refractivity (Wildman–Crippen MR) is 162 cm³/mol. The van der Waals surface area contributed by atoms with Gasteiger partial charge in [-0.2, -0.15) is 0 Å². The number of nitrogens with one attached hydrogen (secondary N) is 1. The highest BCUT2D eigenvalue weighted by Gasteiger charge is 2.35. The minimum Gasteiger partial charge on any atom is -0.355 e. The molecule has 4 aromatic rings. The fraction of sp³-hybridized carbons (Fsp3) is 0.212. The highest BCUT2D eigenvalue weighted by Crippen LogP contribution is 2.27. The van der Waals surface area contributed by atoms with Gasteiger partial charge in [-0.05, 0) is 49.2 Å². The first-order valence-electron chi connectivity index (χ1n) is 13.7. The third-order valence-electron chi connectivity index (χ3n) is 6.83. The molecule has 0 saturated heterocycles. The normalized spacial score (nSPS) is 11.9. The third kappa shape index (κ3) is 7.41. The van der Waals surface area contributed by atoms with Crippen molar-refractivity contribution in [2.45, 2.75) is 37.8 Å². The topological polar surface area (TPSA) is 86.8 Å². The molecule has 0 radical (unpaired) electrons. The Morgan fingerprint density at radius 1 is 0.810 bits per heavy atom.